The molecule has 2 saturated carbocycles. The van der Waals surface area contributed by atoms with Gasteiger partial charge in [0.05, 0.1) is 19.3 Å². The van der Waals surface area contributed by atoms with Crippen LogP contribution in [0.2, 0.25) is 0 Å². The van der Waals surface area contributed by atoms with Gasteiger partial charge in [-0.15, -0.1) is 0 Å². The molecule has 5 N–H and O–H groups in total. The average molecular weight is 497 g/mol. The van der Waals surface area contributed by atoms with Crippen molar-refractivity contribution in [2.45, 2.75) is 89.2 Å². The number of carbonyl (C=O) groups excluding carboxylic acids is 1. The number of rotatable bonds is 7. The third-order valence-electron chi connectivity index (χ3n) is 9.27. The predicted octanol–water partition coefficient (Wildman–Crippen LogP) is 0.816. The number of hydrogen-bond acceptors (Lipinski definition) is 9. The summed E-state index contributed by atoms with van der Waals surface area (Å²) in [5.41, 5.74) is 1.07. The first-order chi connectivity index (χ1) is 16.5. The molecule has 9 heteroatoms. The van der Waals surface area contributed by atoms with Crippen molar-refractivity contribution in [3.05, 3.63) is 23.8 Å². The Labute approximate surface area is 206 Å². The summed E-state index contributed by atoms with van der Waals surface area (Å²) in [4.78, 5) is 11.9. The van der Waals surface area contributed by atoms with E-state index in [1.54, 1.807) is 0 Å². The van der Waals surface area contributed by atoms with E-state index in [1.165, 1.54) is 5.57 Å². The van der Waals surface area contributed by atoms with Gasteiger partial charge in [-0.25, -0.2) is 4.79 Å². The fourth-order valence-electron chi connectivity index (χ4n) is 7.08. The number of ether oxygens (including phenoxy) is 3. The zero-order valence-corrected chi connectivity index (χ0v) is 20.6. The molecule has 3 fully saturated rings. The normalized spacial score (nSPS) is 46.2. The number of carbonyl (C=O) groups is 1. The molecule has 0 radical (unpaired) electrons. The molecular formula is C26H40O9. The van der Waals surface area contributed by atoms with Crippen molar-refractivity contribution >= 4 is 5.97 Å². The zero-order valence-electron chi connectivity index (χ0n) is 20.6. The van der Waals surface area contributed by atoms with Crippen LogP contribution < -0.4 is 0 Å². The lowest BCUT2D eigenvalue weighted by Crippen LogP contribution is -2.61. The van der Waals surface area contributed by atoms with Gasteiger partial charge < -0.3 is 39.7 Å². The smallest absolute Gasteiger partial charge is 0.334 e. The second kappa shape index (κ2) is 10.2. The minimum atomic E-state index is -1.51. The summed E-state index contributed by atoms with van der Waals surface area (Å²) in [6.45, 7) is 8.48. The molecule has 10 atom stereocenters. The van der Waals surface area contributed by atoms with Gasteiger partial charge in [-0.3, -0.25) is 0 Å². The van der Waals surface area contributed by atoms with Crippen molar-refractivity contribution in [3.8, 4) is 0 Å². The van der Waals surface area contributed by atoms with Crippen molar-refractivity contribution in [1.82, 2.24) is 0 Å². The highest BCUT2D eigenvalue weighted by atomic mass is 16.7. The fourth-order valence-corrected chi connectivity index (χ4v) is 7.08. The molecule has 4 rings (SSSR count). The highest BCUT2D eigenvalue weighted by Gasteiger charge is 2.58. The Morgan fingerprint density at radius 2 is 1.89 bits per heavy atom. The van der Waals surface area contributed by atoms with E-state index in [1.807, 2.05) is 13.0 Å². The Morgan fingerprint density at radius 1 is 1.14 bits per heavy atom. The molecule has 0 spiro atoms. The van der Waals surface area contributed by atoms with Gasteiger partial charge in [0.2, 0.25) is 0 Å². The summed E-state index contributed by atoms with van der Waals surface area (Å²) >= 11 is 0. The molecular weight excluding hydrogens is 456 g/mol. The third kappa shape index (κ3) is 4.72. The summed E-state index contributed by atoms with van der Waals surface area (Å²) in [6.07, 6.45) is -1.06. The Bertz CT molecular complexity index is 841. The molecule has 1 saturated heterocycles. The monoisotopic (exact) mass is 496 g/mol. The van der Waals surface area contributed by atoms with E-state index in [-0.39, 0.29) is 29.8 Å². The second-order valence-corrected chi connectivity index (χ2v) is 11.2. The van der Waals surface area contributed by atoms with Gasteiger partial charge in [0.15, 0.2) is 6.29 Å². The maximum Gasteiger partial charge on any atom is 0.334 e. The lowest BCUT2D eigenvalue weighted by Gasteiger charge is -2.60. The van der Waals surface area contributed by atoms with E-state index in [0.29, 0.717) is 25.0 Å². The number of esters is 1. The van der Waals surface area contributed by atoms with E-state index in [0.717, 1.165) is 25.7 Å². The molecule has 9 nitrogen and oxygen atoms in total. The largest absolute Gasteiger partial charge is 0.458 e. The minimum Gasteiger partial charge on any atom is -0.458 e. The molecule has 2 aliphatic carbocycles. The molecule has 2 heterocycles. The third-order valence-corrected chi connectivity index (χ3v) is 9.27. The van der Waals surface area contributed by atoms with Crippen LogP contribution in [0.15, 0.2) is 23.8 Å². The van der Waals surface area contributed by atoms with Crippen LogP contribution >= 0.6 is 0 Å². The van der Waals surface area contributed by atoms with Crippen LogP contribution in [0.1, 0.15) is 52.4 Å². The van der Waals surface area contributed by atoms with Gasteiger partial charge >= 0.3 is 5.97 Å². The van der Waals surface area contributed by atoms with Crippen LogP contribution in [-0.4, -0.2) is 88.1 Å². The lowest BCUT2D eigenvalue weighted by atomic mass is 9.46. The summed E-state index contributed by atoms with van der Waals surface area (Å²) in [7, 11) is 0. The van der Waals surface area contributed by atoms with Crippen LogP contribution in [0.25, 0.3) is 0 Å². The Hall–Kier alpha value is -1.33. The standard InChI is InChI=1S/C26H40O9/c1-14-4-7-18-25(2,16(14)6-5-15-9-11-33-23(15)32)10-8-19(28)26(18,3)13-34-24-22(31)21(30)20(29)17(12-27)35-24/h9,16-22,24,27-31H,1,4-8,10-13H2,2-3H3. The summed E-state index contributed by atoms with van der Waals surface area (Å²) in [5.74, 6) is 0.0169. The van der Waals surface area contributed by atoms with Crippen LogP contribution in [0.4, 0.5) is 0 Å². The van der Waals surface area contributed by atoms with Crippen LogP contribution in [0.5, 0.6) is 0 Å². The first-order valence-corrected chi connectivity index (χ1v) is 12.7. The van der Waals surface area contributed by atoms with Crippen molar-refractivity contribution in [3.63, 3.8) is 0 Å². The van der Waals surface area contributed by atoms with Crippen molar-refractivity contribution in [2.24, 2.45) is 22.7 Å². The summed E-state index contributed by atoms with van der Waals surface area (Å²) < 4.78 is 16.5. The van der Waals surface area contributed by atoms with E-state index >= 15 is 0 Å². The molecule has 0 aromatic heterocycles. The lowest BCUT2D eigenvalue weighted by molar-refractivity contribution is -0.313. The van der Waals surface area contributed by atoms with Gasteiger partial charge in [-0.05, 0) is 61.9 Å². The van der Waals surface area contributed by atoms with Crippen molar-refractivity contribution in [2.75, 3.05) is 19.8 Å². The number of cyclic esters (lactones) is 1. The van der Waals surface area contributed by atoms with E-state index in [2.05, 4.69) is 13.5 Å². The molecule has 0 aromatic carbocycles. The molecule has 4 aliphatic rings. The predicted molar refractivity (Wildman–Crippen MR) is 125 cm³/mol. The second-order valence-electron chi connectivity index (χ2n) is 11.2. The molecule has 2 aliphatic heterocycles. The van der Waals surface area contributed by atoms with Crippen LogP contribution in [0, 0.1) is 22.7 Å². The van der Waals surface area contributed by atoms with Crippen molar-refractivity contribution in [1.29, 1.82) is 0 Å². The molecule has 0 aromatic rings. The molecule has 0 bridgehead atoms. The Balaban J connectivity index is 1.50. The number of allylic oxidation sites excluding steroid dienone is 1. The van der Waals surface area contributed by atoms with E-state index in [4.69, 9.17) is 14.2 Å². The minimum absolute atomic E-state index is 0.0772. The first kappa shape index (κ1) is 26.7. The van der Waals surface area contributed by atoms with Crippen LogP contribution in [-0.2, 0) is 19.0 Å². The SMILES string of the molecule is C=C1CCC2C(C)(COC3OC(CO)C(O)C(O)C3O)C(O)CCC2(C)C1CCC1=CCOC1=O. The Kier molecular flexibility index (Phi) is 7.79. The van der Waals surface area contributed by atoms with Gasteiger partial charge in [0, 0.05) is 11.0 Å². The summed E-state index contributed by atoms with van der Waals surface area (Å²) in [6, 6.07) is 0. The average Bonchev–Trinajstić information content (AvgIpc) is 3.24. The first-order valence-electron chi connectivity index (χ1n) is 12.7. The maximum atomic E-state index is 11.9. The van der Waals surface area contributed by atoms with E-state index < -0.39 is 48.8 Å². The Morgan fingerprint density at radius 3 is 2.54 bits per heavy atom. The quantitative estimate of drug-likeness (QED) is 0.255. The molecule has 198 valence electrons. The number of fused-ring (bicyclic) bond motifs is 1. The topological polar surface area (TPSA) is 146 Å². The summed E-state index contributed by atoms with van der Waals surface area (Å²) in [5, 5.41) is 51.2. The van der Waals surface area contributed by atoms with Gasteiger partial charge in [-0.2, -0.15) is 0 Å². The zero-order chi connectivity index (χ0) is 25.5. The van der Waals surface area contributed by atoms with Gasteiger partial charge in [0.1, 0.15) is 31.0 Å². The highest BCUT2D eigenvalue weighted by molar-refractivity contribution is 5.90. The number of aliphatic hydroxyl groups is 5. The molecule has 35 heavy (non-hydrogen) atoms. The highest BCUT2D eigenvalue weighted by Crippen LogP contribution is 2.62. The van der Waals surface area contributed by atoms with Crippen LogP contribution in [0.3, 0.4) is 0 Å². The van der Waals surface area contributed by atoms with Gasteiger partial charge in [0.25, 0.3) is 0 Å². The van der Waals surface area contributed by atoms with Crippen molar-refractivity contribution < 1.29 is 44.5 Å². The van der Waals surface area contributed by atoms with E-state index in [9.17, 15) is 30.3 Å². The molecule has 10 unspecified atom stereocenters. The van der Waals surface area contributed by atoms with Gasteiger partial charge in [-0.1, -0.05) is 26.0 Å². The maximum absolute atomic E-state index is 11.9. The number of hydrogen-bond donors (Lipinski definition) is 5. The number of aliphatic hydroxyl groups excluding tert-OH is 5. The molecule has 0 amide bonds. The fraction of sp³-hybridized carbons (Fsp3) is 0.808.